The molecule has 2 saturated heterocycles. The summed E-state index contributed by atoms with van der Waals surface area (Å²) in [6.45, 7) is 12.4. The first kappa shape index (κ1) is 30.9. The van der Waals surface area contributed by atoms with Crippen LogP contribution in [0.25, 0.3) is 0 Å². The Kier molecular flexibility index (Phi) is 12.1. The molecule has 0 bridgehead atoms. The van der Waals surface area contributed by atoms with Crippen LogP contribution in [-0.4, -0.2) is 108 Å². The van der Waals surface area contributed by atoms with Crippen LogP contribution in [0.1, 0.15) is 32.3 Å². The predicted molar refractivity (Wildman–Crippen MR) is 155 cm³/mol. The number of amidine groups is 1. The first-order valence-electron chi connectivity index (χ1n) is 13.8. The number of hydrogen-bond acceptors (Lipinski definition) is 8. The molecule has 10 heteroatoms. The number of halogens is 1. The lowest BCUT2D eigenvalue weighted by Crippen LogP contribution is -2.69. The lowest BCUT2D eigenvalue weighted by molar-refractivity contribution is -0.156. The number of likely N-dealkylation sites (N-methyl/N-ethyl adjacent to an activating group) is 2. The Morgan fingerprint density at radius 2 is 1.95 bits per heavy atom. The van der Waals surface area contributed by atoms with Crippen LogP contribution in [0.15, 0.2) is 71.3 Å². The zero-order valence-corrected chi connectivity index (χ0v) is 23.9. The van der Waals surface area contributed by atoms with Crippen molar-refractivity contribution in [2.45, 2.75) is 51.7 Å². The Morgan fingerprint density at radius 3 is 2.54 bits per heavy atom. The summed E-state index contributed by atoms with van der Waals surface area (Å²) in [5.74, 6) is -0.0473. The van der Waals surface area contributed by atoms with Crippen molar-refractivity contribution in [3.05, 3.63) is 71.8 Å². The molecule has 0 spiro atoms. The van der Waals surface area contributed by atoms with Crippen LogP contribution < -0.4 is 10.6 Å². The van der Waals surface area contributed by atoms with E-state index in [4.69, 9.17) is 0 Å². The molecule has 0 saturated carbocycles. The zero-order valence-electron chi connectivity index (χ0n) is 23.9. The van der Waals surface area contributed by atoms with Gasteiger partial charge in [-0.2, -0.15) is 5.01 Å². The number of rotatable bonds is 14. The van der Waals surface area contributed by atoms with E-state index in [1.165, 1.54) is 13.0 Å². The van der Waals surface area contributed by atoms with Gasteiger partial charge in [0, 0.05) is 32.7 Å². The van der Waals surface area contributed by atoms with Crippen LogP contribution in [0.2, 0.25) is 0 Å². The summed E-state index contributed by atoms with van der Waals surface area (Å²) in [6.07, 6.45) is 3.40. The summed E-state index contributed by atoms with van der Waals surface area (Å²) in [7, 11) is 3.92. The Morgan fingerprint density at radius 1 is 1.26 bits per heavy atom. The van der Waals surface area contributed by atoms with Gasteiger partial charge in [-0.05, 0) is 64.2 Å². The molecular weight excluding hydrogens is 497 g/mol. The predicted octanol–water partition coefficient (Wildman–Crippen LogP) is 2.25. The third kappa shape index (κ3) is 8.96. The fourth-order valence-electron chi connectivity index (χ4n) is 4.86. The SMILES string of the molecule is C=C/C(NCc1ccccc1)=C(\C=C(/C)F)N=C1C(O)N(CC(O)N(CC)CCNC2CCN(C)CC2)N1C. The normalized spacial score (nSPS) is 22.2. The maximum absolute atomic E-state index is 14.0. The van der Waals surface area contributed by atoms with Gasteiger partial charge in [0.2, 0.25) is 0 Å². The number of hydrogen-bond donors (Lipinski definition) is 4. The molecule has 2 atom stereocenters. The van der Waals surface area contributed by atoms with Crippen molar-refractivity contribution in [1.82, 2.24) is 30.5 Å². The number of allylic oxidation sites excluding steroid dienone is 3. The number of aliphatic hydroxyl groups is 2. The van der Waals surface area contributed by atoms with Crippen molar-refractivity contribution in [2.75, 3.05) is 53.4 Å². The lowest BCUT2D eigenvalue weighted by atomic mass is 10.1. The van der Waals surface area contributed by atoms with Crippen molar-refractivity contribution in [1.29, 1.82) is 0 Å². The van der Waals surface area contributed by atoms with Gasteiger partial charge in [0.25, 0.3) is 0 Å². The molecule has 0 radical (unpaired) electrons. The molecule has 39 heavy (non-hydrogen) atoms. The number of aliphatic hydroxyl groups excluding tert-OH is 2. The second kappa shape index (κ2) is 15.3. The van der Waals surface area contributed by atoms with Crippen molar-refractivity contribution >= 4 is 5.84 Å². The minimum atomic E-state index is -1.02. The van der Waals surface area contributed by atoms with Crippen molar-refractivity contribution in [3.63, 3.8) is 0 Å². The summed E-state index contributed by atoms with van der Waals surface area (Å²) in [4.78, 5) is 8.90. The van der Waals surface area contributed by atoms with Gasteiger partial charge in [-0.3, -0.25) is 9.91 Å². The van der Waals surface area contributed by atoms with Crippen molar-refractivity contribution < 1.29 is 14.6 Å². The molecular formula is C29H46FN7O2. The minimum absolute atomic E-state index is 0.219. The highest BCUT2D eigenvalue weighted by molar-refractivity contribution is 5.91. The van der Waals surface area contributed by atoms with Crippen LogP contribution in [-0.2, 0) is 6.54 Å². The average Bonchev–Trinajstić information content (AvgIpc) is 2.93. The number of piperidine rings is 1. The first-order valence-corrected chi connectivity index (χ1v) is 13.8. The van der Waals surface area contributed by atoms with Gasteiger partial charge in [0.15, 0.2) is 12.1 Å². The van der Waals surface area contributed by atoms with Crippen molar-refractivity contribution in [3.8, 4) is 0 Å². The molecule has 2 fully saturated rings. The quantitative estimate of drug-likeness (QED) is 0.210. The minimum Gasteiger partial charge on any atom is -0.379 e. The largest absolute Gasteiger partial charge is 0.379 e. The van der Waals surface area contributed by atoms with Crippen LogP contribution in [0.3, 0.4) is 0 Å². The van der Waals surface area contributed by atoms with Gasteiger partial charge in [-0.1, -0.05) is 43.8 Å². The molecule has 0 aliphatic carbocycles. The van der Waals surface area contributed by atoms with E-state index in [9.17, 15) is 14.6 Å². The van der Waals surface area contributed by atoms with Crippen LogP contribution in [0.5, 0.6) is 0 Å². The Labute approximate surface area is 233 Å². The molecule has 2 unspecified atom stereocenters. The third-order valence-electron chi connectivity index (χ3n) is 7.34. The Bertz CT molecular complexity index is 992. The highest BCUT2D eigenvalue weighted by atomic mass is 19.1. The number of hydrazine groups is 1. The van der Waals surface area contributed by atoms with E-state index >= 15 is 0 Å². The number of nitrogens with one attached hydrogen (secondary N) is 2. The fraction of sp³-hybridized carbons (Fsp3) is 0.552. The molecule has 0 amide bonds. The molecule has 2 aliphatic rings. The fourth-order valence-corrected chi connectivity index (χ4v) is 4.86. The summed E-state index contributed by atoms with van der Waals surface area (Å²) in [5.41, 5.74) is 1.95. The van der Waals surface area contributed by atoms with E-state index in [1.54, 1.807) is 23.1 Å². The van der Waals surface area contributed by atoms with Crippen LogP contribution in [0.4, 0.5) is 4.39 Å². The summed E-state index contributed by atoms with van der Waals surface area (Å²) >= 11 is 0. The number of likely N-dealkylation sites (tertiary alicyclic amines) is 1. The number of benzene rings is 1. The monoisotopic (exact) mass is 543 g/mol. The first-order chi connectivity index (χ1) is 18.7. The van der Waals surface area contributed by atoms with E-state index in [0.29, 0.717) is 42.9 Å². The van der Waals surface area contributed by atoms with Gasteiger partial charge in [0.05, 0.1) is 23.8 Å². The molecule has 4 N–H and O–H groups in total. The van der Waals surface area contributed by atoms with Gasteiger partial charge in [0.1, 0.15) is 6.23 Å². The van der Waals surface area contributed by atoms with Crippen LogP contribution in [0, 0.1) is 0 Å². The van der Waals surface area contributed by atoms with Gasteiger partial charge in [-0.25, -0.2) is 9.38 Å². The smallest absolute Gasteiger partial charge is 0.184 e. The molecule has 0 aromatic heterocycles. The standard InChI is InChI=1S/C29H46FN7O2/c1-6-25(32-20-23-11-9-8-10-12-23)26(19-22(3)30)33-28-29(39)37(35(28)5)21-27(38)36(7-2)18-15-31-24-13-16-34(4)17-14-24/h6,8-12,19,24,27,29,31-32,38-39H,1,7,13-18,20-21H2,2-5H3/b22-19+,26-25-,33-28?. The maximum atomic E-state index is 14.0. The molecule has 9 nitrogen and oxygen atoms in total. The van der Waals surface area contributed by atoms with Gasteiger partial charge >= 0.3 is 0 Å². The average molecular weight is 544 g/mol. The second-order valence-corrected chi connectivity index (χ2v) is 10.2. The van der Waals surface area contributed by atoms with Crippen LogP contribution >= 0.6 is 0 Å². The summed E-state index contributed by atoms with van der Waals surface area (Å²) < 4.78 is 14.0. The Hall–Kier alpha value is -2.60. The Balaban J connectivity index is 1.60. The van der Waals surface area contributed by atoms with E-state index in [-0.39, 0.29) is 6.54 Å². The maximum Gasteiger partial charge on any atom is 0.184 e. The zero-order chi connectivity index (χ0) is 28.4. The molecule has 2 aliphatic heterocycles. The second-order valence-electron chi connectivity index (χ2n) is 10.2. The third-order valence-corrected chi connectivity index (χ3v) is 7.34. The van der Waals surface area contributed by atoms with Gasteiger partial charge in [-0.15, -0.1) is 0 Å². The highest BCUT2D eigenvalue weighted by Gasteiger charge is 2.41. The van der Waals surface area contributed by atoms with E-state index in [0.717, 1.165) is 38.0 Å². The summed E-state index contributed by atoms with van der Waals surface area (Å²) in [5, 5.41) is 32.0. The molecule has 2 heterocycles. The highest BCUT2D eigenvalue weighted by Crippen LogP contribution is 2.22. The van der Waals surface area contributed by atoms with Crippen molar-refractivity contribution in [2.24, 2.45) is 4.99 Å². The van der Waals surface area contributed by atoms with Gasteiger partial charge < -0.3 is 25.7 Å². The van der Waals surface area contributed by atoms with E-state index in [1.807, 2.05) is 42.2 Å². The molecule has 1 aromatic carbocycles. The molecule has 1 aromatic rings. The number of β-amino-alcohol motifs (C(OH)–C–C–N with tert-alkyl or cyclic N) is 1. The molecule has 216 valence electrons. The number of aliphatic imine (C=N–C) groups is 1. The van der Waals surface area contributed by atoms with E-state index in [2.05, 4.69) is 34.2 Å². The topological polar surface area (TPSA) is 89.8 Å². The number of nitrogens with zero attached hydrogens (tertiary/aromatic N) is 5. The molecule has 3 rings (SSSR count). The van der Waals surface area contributed by atoms with E-state index < -0.39 is 18.3 Å². The summed E-state index contributed by atoms with van der Waals surface area (Å²) in [6, 6.07) is 10.4. The lowest BCUT2D eigenvalue weighted by Gasteiger charge is -2.49.